The molecule has 0 saturated heterocycles. The molecule has 132 valence electrons. The van der Waals surface area contributed by atoms with Gasteiger partial charge in [0.2, 0.25) is 0 Å². The maximum absolute atomic E-state index is 4.27. The summed E-state index contributed by atoms with van der Waals surface area (Å²) >= 11 is 0. The van der Waals surface area contributed by atoms with Crippen molar-refractivity contribution in [3.05, 3.63) is 47.8 Å². The fourth-order valence-corrected chi connectivity index (χ4v) is 2.45. The Kier molecular flexibility index (Phi) is 10.8. The molecule has 0 aliphatic carbocycles. The maximum Gasteiger partial charge on any atom is 0.159 e. The van der Waals surface area contributed by atoms with E-state index in [9.17, 15) is 0 Å². The van der Waals surface area contributed by atoms with Gasteiger partial charge in [0, 0.05) is 18.0 Å². The van der Waals surface area contributed by atoms with E-state index in [2.05, 4.69) is 42.9 Å². The summed E-state index contributed by atoms with van der Waals surface area (Å²) in [6, 6.07) is 8.22. The lowest BCUT2D eigenvalue weighted by atomic mass is 10.1. The number of hydrogen-bond donors (Lipinski definition) is 0. The zero-order valence-corrected chi connectivity index (χ0v) is 16.0. The van der Waals surface area contributed by atoms with Crippen LogP contribution in [0.3, 0.4) is 0 Å². The molecule has 1 aromatic carbocycles. The second-order valence-corrected chi connectivity index (χ2v) is 6.57. The van der Waals surface area contributed by atoms with Crippen LogP contribution in [0.1, 0.15) is 76.3 Å². The second kappa shape index (κ2) is 12.7. The van der Waals surface area contributed by atoms with E-state index in [1.54, 1.807) is 0 Å². The molecule has 0 amide bonds. The van der Waals surface area contributed by atoms with Crippen molar-refractivity contribution in [1.29, 1.82) is 0 Å². The highest BCUT2D eigenvalue weighted by molar-refractivity contribution is 5.54. The lowest BCUT2D eigenvalue weighted by molar-refractivity contribution is 0.585. The SMILES string of the molecule is CCCCCCCCCC.Cc1ccc(-c2ncc(C)cn2)cc1. The minimum Gasteiger partial charge on any atom is -0.236 e. The number of nitrogens with zero attached hydrogens (tertiary/aromatic N) is 2. The molecule has 1 heterocycles. The van der Waals surface area contributed by atoms with E-state index in [0.29, 0.717) is 0 Å². The molecule has 0 bridgehead atoms. The van der Waals surface area contributed by atoms with Gasteiger partial charge in [-0.3, -0.25) is 0 Å². The molecule has 0 unspecified atom stereocenters. The third-order valence-electron chi connectivity index (χ3n) is 4.05. The van der Waals surface area contributed by atoms with Gasteiger partial charge in [0.25, 0.3) is 0 Å². The van der Waals surface area contributed by atoms with Crippen LogP contribution in [0.15, 0.2) is 36.7 Å². The summed E-state index contributed by atoms with van der Waals surface area (Å²) in [5.41, 5.74) is 3.40. The summed E-state index contributed by atoms with van der Waals surface area (Å²) in [6.45, 7) is 8.59. The van der Waals surface area contributed by atoms with E-state index in [4.69, 9.17) is 0 Å². The molecule has 0 fully saturated rings. The Labute approximate surface area is 148 Å². The average molecular weight is 327 g/mol. The molecular weight excluding hydrogens is 292 g/mol. The largest absolute Gasteiger partial charge is 0.236 e. The van der Waals surface area contributed by atoms with Gasteiger partial charge < -0.3 is 0 Å². The zero-order valence-electron chi connectivity index (χ0n) is 16.0. The predicted molar refractivity (Wildman–Crippen MR) is 105 cm³/mol. The van der Waals surface area contributed by atoms with Gasteiger partial charge in [-0.1, -0.05) is 95.0 Å². The molecule has 0 aliphatic rings. The van der Waals surface area contributed by atoms with E-state index in [-0.39, 0.29) is 0 Å². The van der Waals surface area contributed by atoms with E-state index in [1.807, 2.05) is 31.5 Å². The molecule has 0 saturated carbocycles. The zero-order chi connectivity index (χ0) is 17.6. The van der Waals surface area contributed by atoms with Crippen molar-refractivity contribution >= 4 is 0 Å². The third-order valence-corrected chi connectivity index (χ3v) is 4.05. The second-order valence-electron chi connectivity index (χ2n) is 6.57. The highest BCUT2D eigenvalue weighted by atomic mass is 14.9. The van der Waals surface area contributed by atoms with Crippen molar-refractivity contribution < 1.29 is 0 Å². The number of hydrogen-bond acceptors (Lipinski definition) is 2. The van der Waals surface area contributed by atoms with Crippen molar-refractivity contribution in [3.63, 3.8) is 0 Å². The smallest absolute Gasteiger partial charge is 0.159 e. The van der Waals surface area contributed by atoms with E-state index < -0.39 is 0 Å². The van der Waals surface area contributed by atoms with Crippen LogP contribution in [0.4, 0.5) is 0 Å². The van der Waals surface area contributed by atoms with E-state index in [1.165, 1.54) is 56.9 Å². The molecule has 1 aromatic heterocycles. The highest BCUT2D eigenvalue weighted by Gasteiger charge is 1.98. The van der Waals surface area contributed by atoms with Crippen molar-refractivity contribution in [3.8, 4) is 11.4 Å². The molecule has 0 atom stereocenters. The maximum atomic E-state index is 4.27. The van der Waals surface area contributed by atoms with Crippen LogP contribution in [0, 0.1) is 13.8 Å². The van der Waals surface area contributed by atoms with Crippen molar-refractivity contribution in [2.24, 2.45) is 0 Å². The first-order valence-electron chi connectivity index (χ1n) is 9.53. The summed E-state index contributed by atoms with van der Waals surface area (Å²) in [5.74, 6) is 0.788. The van der Waals surface area contributed by atoms with Crippen LogP contribution < -0.4 is 0 Å². The minimum absolute atomic E-state index is 0.788. The molecule has 2 rings (SSSR count). The van der Waals surface area contributed by atoms with Crippen LogP contribution in [0.5, 0.6) is 0 Å². The van der Waals surface area contributed by atoms with Crippen molar-refractivity contribution in [1.82, 2.24) is 9.97 Å². The third kappa shape index (κ3) is 8.81. The summed E-state index contributed by atoms with van der Waals surface area (Å²) in [5, 5.41) is 0. The fourth-order valence-electron chi connectivity index (χ4n) is 2.45. The van der Waals surface area contributed by atoms with Gasteiger partial charge in [-0.15, -0.1) is 0 Å². The first kappa shape index (κ1) is 20.3. The average Bonchev–Trinajstić information content (AvgIpc) is 2.60. The van der Waals surface area contributed by atoms with Crippen molar-refractivity contribution in [2.75, 3.05) is 0 Å². The van der Waals surface area contributed by atoms with Crippen LogP contribution in [0.25, 0.3) is 11.4 Å². The first-order chi connectivity index (χ1) is 11.7. The number of aryl methyl sites for hydroxylation is 2. The summed E-state index contributed by atoms with van der Waals surface area (Å²) in [4.78, 5) is 8.53. The molecule has 0 N–H and O–H groups in total. The molecule has 0 radical (unpaired) electrons. The predicted octanol–water partition coefficient (Wildman–Crippen LogP) is 6.91. The molecule has 24 heavy (non-hydrogen) atoms. The highest BCUT2D eigenvalue weighted by Crippen LogP contribution is 2.14. The number of benzene rings is 1. The Morgan fingerprint density at radius 1 is 0.625 bits per heavy atom. The van der Waals surface area contributed by atoms with Crippen LogP contribution >= 0.6 is 0 Å². The van der Waals surface area contributed by atoms with E-state index in [0.717, 1.165) is 17.0 Å². The molecule has 2 heteroatoms. The topological polar surface area (TPSA) is 25.8 Å². The summed E-state index contributed by atoms with van der Waals surface area (Å²) in [7, 11) is 0. The summed E-state index contributed by atoms with van der Waals surface area (Å²) in [6.07, 6.45) is 15.1. The van der Waals surface area contributed by atoms with Gasteiger partial charge in [-0.05, 0) is 19.4 Å². The normalized spacial score (nSPS) is 10.2. The van der Waals surface area contributed by atoms with Gasteiger partial charge in [0.05, 0.1) is 0 Å². The number of aromatic nitrogens is 2. The Hall–Kier alpha value is -1.70. The Balaban J connectivity index is 0.000000257. The molecule has 2 nitrogen and oxygen atoms in total. The Bertz CT molecular complexity index is 477. The van der Waals surface area contributed by atoms with Gasteiger partial charge in [-0.25, -0.2) is 9.97 Å². The molecule has 0 aliphatic heterocycles. The van der Waals surface area contributed by atoms with E-state index >= 15 is 0 Å². The number of rotatable bonds is 8. The first-order valence-corrected chi connectivity index (χ1v) is 9.53. The fraction of sp³-hybridized carbons (Fsp3) is 0.545. The Morgan fingerprint density at radius 2 is 1.08 bits per heavy atom. The minimum atomic E-state index is 0.788. The molecule has 2 aromatic rings. The lowest BCUT2D eigenvalue weighted by Crippen LogP contribution is -1.88. The van der Waals surface area contributed by atoms with Gasteiger partial charge in [0.1, 0.15) is 0 Å². The summed E-state index contributed by atoms with van der Waals surface area (Å²) < 4.78 is 0. The van der Waals surface area contributed by atoms with Crippen LogP contribution in [0.2, 0.25) is 0 Å². The number of unbranched alkanes of at least 4 members (excludes halogenated alkanes) is 7. The van der Waals surface area contributed by atoms with Crippen LogP contribution in [-0.4, -0.2) is 9.97 Å². The van der Waals surface area contributed by atoms with Gasteiger partial charge in [-0.2, -0.15) is 0 Å². The standard InChI is InChI=1S/C12H12N2.C10H22/c1-9-3-5-11(6-4-9)12-13-7-10(2)8-14-12;1-3-5-7-9-10-8-6-4-2/h3-8H,1-2H3;3-10H2,1-2H3. The van der Waals surface area contributed by atoms with Gasteiger partial charge in [0.15, 0.2) is 5.82 Å². The van der Waals surface area contributed by atoms with Gasteiger partial charge >= 0.3 is 0 Å². The van der Waals surface area contributed by atoms with Crippen molar-refractivity contribution in [2.45, 2.75) is 79.1 Å². The molecule has 0 spiro atoms. The molecular formula is C22H34N2. The monoisotopic (exact) mass is 326 g/mol. The Morgan fingerprint density at radius 3 is 1.54 bits per heavy atom. The quantitative estimate of drug-likeness (QED) is 0.493. The van der Waals surface area contributed by atoms with Crippen LogP contribution in [-0.2, 0) is 0 Å². The lowest BCUT2D eigenvalue weighted by Gasteiger charge is -2.00.